The second-order valence-corrected chi connectivity index (χ2v) is 9.41. The first-order chi connectivity index (χ1) is 17.0. The third kappa shape index (κ3) is 3.30. The van der Waals surface area contributed by atoms with Crippen molar-refractivity contribution in [2.45, 2.75) is 31.0 Å². The number of amides is 2. The quantitative estimate of drug-likeness (QED) is 0.284. The number of fused-ring (bicyclic) bond motifs is 5. The van der Waals surface area contributed by atoms with E-state index in [4.69, 9.17) is 4.74 Å². The van der Waals surface area contributed by atoms with Gasteiger partial charge in [-0.15, -0.1) is 0 Å². The third-order valence-electron chi connectivity index (χ3n) is 7.53. The predicted octanol–water partition coefficient (Wildman–Crippen LogP) is 2.84. The molecule has 3 saturated heterocycles. The molecule has 2 aromatic carbocycles. The number of nitro benzene ring substituents is 1. The Balaban J connectivity index is 1.44. The highest BCUT2D eigenvalue weighted by Gasteiger charge is 2.64. The number of hydrogen-bond donors (Lipinski definition) is 0. The number of para-hydroxylation sites is 1. The fraction of sp³-hybridized carbons (Fsp3) is 0.346. The van der Waals surface area contributed by atoms with Gasteiger partial charge in [0.05, 0.1) is 35.4 Å². The molecular weight excluding hydrogens is 450 g/mol. The topological polar surface area (TPSA) is 110 Å². The molecule has 0 spiro atoms. The Bertz CT molecular complexity index is 1280. The number of hydrogen-bond acceptors (Lipinski definition) is 7. The van der Waals surface area contributed by atoms with Crippen molar-refractivity contribution in [1.29, 1.82) is 0 Å². The Morgan fingerprint density at radius 2 is 1.89 bits per heavy atom. The van der Waals surface area contributed by atoms with E-state index in [1.807, 2.05) is 41.3 Å². The number of ether oxygens (including phenoxy) is 1. The molecule has 4 aliphatic heterocycles. The van der Waals surface area contributed by atoms with E-state index in [2.05, 4.69) is 0 Å². The van der Waals surface area contributed by atoms with Gasteiger partial charge >= 0.3 is 0 Å². The van der Waals surface area contributed by atoms with Crippen molar-refractivity contribution in [2.75, 3.05) is 18.1 Å². The molecule has 0 bridgehead atoms. The number of carbonyl (C=O) groups is 3. The molecule has 0 aliphatic carbocycles. The number of nitro groups is 1. The lowest BCUT2D eigenvalue weighted by molar-refractivity contribution is -0.384. The molecule has 0 unspecified atom stereocenters. The number of Topliss-reactive ketones (excluding diaryl/α,β-unsaturated/α-hetero) is 1. The van der Waals surface area contributed by atoms with Crippen LogP contribution in [-0.4, -0.2) is 58.8 Å². The van der Waals surface area contributed by atoms with Crippen LogP contribution in [0.2, 0.25) is 0 Å². The number of rotatable bonds is 5. The largest absolute Gasteiger partial charge is 0.376 e. The van der Waals surface area contributed by atoms with Crippen LogP contribution in [0.3, 0.4) is 0 Å². The average molecular weight is 473 g/mol. The predicted molar refractivity (Wildman–Crippen MR) is 126 cm³/mol. The SMILES string of the molecule is O=C(c1cccc([N+](=O)[O-])c1)[C@@H]1[C@@H]2C(=O)N(C[C@@H]3CCCO3)C(=O)[C@@H]2[C@H]2C=Cc3ccccc3N21. The number of anilines is 1. The molecule has 9 heteroatoms. The summed E-state index contributed by atoms with van der Waals surface area (Å²) < 4.78 is 5.66. The molecule has 5 atom stereocenters. The first-order valence-corrected chi connectivity index (χ1v) is 11.8. The van der Waals surface area contributed by atoms with Gasteiger partial charge in [0.25, 0.3) is 5.69 Å². The summed E-state index contributed by atoms with van der Waals surface area (Å²) in [6.07, 6.45) is 5.30. The van der Waals surface area contributed by atoms with Crippen LogP contribution in [0.1, 0.15) is 28.8 Å². The van der Waals surface area contributed by atoms with Crippen molar-refractivity contribution in [3.63, 3.8) is 0 Å². The van der Waals surface area contributed by atoms with E-state index in [9.17, 15) is 24.5 Å². The van der Waals surface area contributed by atoms with E-state index in [-0.39, 0.29) is 35.7 Å². The van der Waals surface area contributed by atoms with Gasteiger partial charge in [-0.25, -0.2) is 0 Å². The first kappa shape index (κ1) is 21.7. The zero-order valence-corrected chi connectivity index (χ0v) is 18.8. The Hall–Kier alpha value is -3.85. The maximum atomic E-state index is 13.9. The molecule has 2 aromatic rings. The first-order valence-electron chi connectivity index (χ1n) is 11.8. The van der Waals surface area contributed by atoms with Crippen LogP contribution < -0.4 is 4.90 Å². The molecule has 0 aromatic heterocycles. The van der Waals surface area contributed by atoms with Crippen LogP contribution in [0.15, 0.2) is 54.6 Å². The van der Waals surface area contributed by atoms with Crippen LogP contribution in [0.4, 0.5) is 11.4 Å². The highest BCUT2D eigenvalue weighted by atomic mass is 16.6. The maximum absolute atomic E-state index is 13.9. The molecular formula is C26H23N3O6. The van der Waals surface area contributed by atoms with Gasteiger partial charge in [-0.2, -0.15) is 0 Å². The molecule has 0 N–H and O–H groups in total. The fourth-order valence-electron chi connectivity index (χ4n) is 5.99. The zero-order chi connectivity index (χ0) is 24.3. The molecule has 9 nitrogen and oxygen atoms in total. The molecule has 3 fully saturated rings. The summed E-state index contributed by atoms with van der Waals surface area (Å²) in [6.45, 7) is 0.799. The van der Waals surface area contributed by atoms with Crippen molar-refractivity contribution < 1.29 is 24.0 Å². The minimum Gasteiger partial charge on any atom is -0.376 e. The van der Waals surface area contributed by atoms with Crippen LogP contribution in [0.25, 0.3) is 6.08 Å². The third-order valence-corrected chi connectivity index (χ3v) is 7.53. The smallest absolute Gasteiger partial charge is 0.270 e. The zero-order valence-electron chi connectivity index (χ0n) is 18.8. The van der Waals surface area contributed by atoms with Gasteiger partial charge in [0.15, 0.2) is 5.78 Å². The molecule has 4 heterocycles. The molecule has 6 rings (SSSR count). The van der Waals surface area contributed by atoms with Gasteiger partial charge in [-0.1, -0.05) is 42.5 Å². The van der Waals surface area contributed by atoms with E-state index in [0.717, 1.165) is 24.1 Å². The van der Waals surface area contributed by atoms with E-state index < -0.39 is 34.6 Å². The maximum Gasteiger partial charge on any atom is 0.270 e. The summed E-state index contributed by atoms with van der Waals surface area (Å²) in [5.41, 5.74) is 1.60. The Labute approximate surface area is 201 Å². The summed E-state index contributed by atoms with van der Waals surface area (Å²) in [4.78, 5) is 55.1. The number of non-ortho nitro benzene ring substituents is 1. The summed E-state index contributed by atoms with van der Waals surface area (Å²) in [6, 6.07) is 11.7. The minimum atomic E-state index is -0.955. The number of likely N-dealkylation sites (tertiary alicyclic amines) is 1. The highest BCUT2D eigenvalue weighted by molar-refractivity contribution is 6.14. The molecule has 0 radical (unpaired) electrons. The fourth-order valence-corrected chi connectivity index (χ4v) is 5.99. The summed E-state index contributed by atoms with van der Waals surface area (Å²) in [5.74, 6) is -2.66. The van der Waals surface area contributed by atoms with Gasteiger partial charge in [0.1, 0.15) is 6.04 Å². The van der Waals surface area contributed by atoms with Gasteiger partial charge in [-0.3, -0.25) is 29.4 Å². The molecule has 0 saturated carbocycles. The number of imide groups is 1. The minimum absolute atomic E-state index is 0.147. The van der Waals surface area contributed by atoms with Gasteiger partial charge in [-0.05, 0) is 24.5 Å². The Morgan fingerprint density at radius 3 is 2.66 bits per heavy atom. The van der Waals surface area contributed by atoms with E-state index in [0.29, 0.717) is 6.61 Å². The number of benzene rings is 2. The lowest BCUT2D eigenvalue weighted by Gasteiger charge is -2.36. The summed E-state index contributed by atoms with van der Waals surface area (Å²) in [5, 5.41) is 11.3. The second-order valence-electron chi connectivity index (χ2n) is 9.41. The van der Waals surface area contributed by atoms with E-state index in [1.165, 1.54) is 29.2 Å². The highest BCUT2D eigenvalue weighted by Crippen LogP contribution is 2.49. The second kappa shape index (κ2) is 8.13. The van der Waals surface area contributed by atoms with Gasteiger partial charge in [0.2, 0.25) is 11.8 Å². The van der Waals surface area contributed by atoms with Crippen molar-refractivity contribution in [3.05, 3.63) is 75.8 Å². The molecule has 35 heavy (non-hydrogen) atoms. The van der Waals surface area contributed by atoms with Crippen LogP contribution in [0.5, 0.6) is 0 Å². The Morgan fingerprint density at radius 1 is 1.09 bits per heavy atom. The molecule has 4 aliphatic rings. The summed E-state index contributed by atoms with van der Waals surface area (Å²) >= 11 is 0. The normalized spacial score (nSPS) is 28.7. The van der Waals surface area contributed by atoms with Crippen molar-refractivity contribution in [1.82, 2.24) is 4.90 Å². The number of carbonyl (C=O) groups excluding carboxylic acids is 3. The monoisotopic (exact) mass is 473 g/mol. The van der Waals surface area contributed by atoms with Crippen molar-refractivity contribution in [2.24, 2.45) is 11.8 Å². The molecule has 178 valence electrons. The lowest BCUT2D eigenvalue weighted by Crippen LogP contribution is -2.49. The van der Waals surface area contributed by atoms with Crippen LogP contribution in [0, 0.1) is 22.0 Å². The van der Waals surface area contributed by atoms with Crippen molar-refractivity contribution in [3.8, 4) is 0 Å². The average Bonchev–Trinajstić information content (AvgIpc) is 3.57. The summed E-state index contributed by atoms with van der Waals surface area (Å²) in [7, 11) is 0. The van der Waals surface area contributed by atoms with E-state index >= 15 is 0 Å². The van der Waals surface area contributed by atoms with Crippen LogP contribution in [-0.2, 0) is 14.3 Å². The lowest BCUT2D eigenvalue weighted by atomic mass is 9.86. The number of nitrogens with zero attached hydrogens (tertiary/aromatic N) is 3. The number of ketones is 1. The van der Waals surface area contributed by atoms with E-state index in [1.54, 1.807) is 0 Å². The standard InChI is InChI=1S/C26H23N3O6/c30-24(16-6-3-7-17(13-16)29(33)34)23-22-21(20-11-10-15-5-1-2-9-19(15)28(20)23)25(31)27(26(22)32)14-18-8-4-12-35-18/h1-3,5-7,9-11,13,18,20-23H,4,8,12,14H2/t18-,20+,21+,22+,23-/m0/s1. The molecule has 2 amide bonds. The van der Waals surface area contributed by atoms with Crippen LogP contribution >= 0.6 is 0 Å². The van der Waals surface area contributed by atoms with Crippen molar-refractivity contribution >= 4 is 35.0 Å². The van der Waals surface area contributed by atoms with Gasteiger partial charge < -0.3 is 9.64 Å². The van der Waals surface area contributed by atoms with Gasteiger partial charge in [0, 0.05) is 30.0 Å². The Kier molecular flexibility index (Phi) is 5.03.